The minimum Gasteiger partial charge on any atom is -0.465 e. The van der Waals surface area contributed by atoms with Gasteiger partial charge in [-0.2, -0.15) is 5.26 Å². The Hall–Kier alpha value is -1.08. The number of nitriles is 1. The van der Waals surface area contributed by atoms with Crippen molar-refractivity contribution in [3.63, 3.8) is 0 Å². The molecule has 0 atom stereocenters. The van der Waals surface area contributed by atoms with Crippen LogP contribution in [-0.2, 0) is 9.53 Å². The average molecular weight is 198 g/mol. The topological polar surface area (TPSA) is 53.3 Å². The van der Waals surface area contributed by atoms with E-state index in [2.05, 4.69) is 0 Å². The highest BCUT2D eigenvalue weighted by atomic mass is 16.5. The van der Waals surface area contributed by atoms with Gasteiger partial charge in [-0.3, -0.25) is 9.69 Å². The minimum atomic E-state index is -0.209. The lowest BCUT2D eigenvalue weighted by Crippen LogP contribution is -2.28. The second kappa shape index (κ2) is 8.52. The van der Waals surface area contributed by atoms with E-state index < -0.39 is 0 Å². The van der Waals surface area contributed by atoms with Gasteiger partial charge in [0.2, 0.25) is 0 Å². The fraction of sp³-hybridized carbons (Fsp3) is 0.800. The molecule has 0 aromatic rings. The van der Waals surface area contributed by atoms with Crippen molar-refractivity contribution in [1.82, 2.24) is 4.90 Å². The van der Waals surface area contributed by atoms with Gasteiger partial charge in [-0.25, -0.2) is 0 Å². The second-order valence-corrected chi connectivity index (χ2v) is 3.22. The monoisotopic (exact) mass is 198 g/mol. The van der Waals surface area contributed by atoms with E-state index in [1.165, 1.54) is 0 Å². The van der Waals surface area contributed by atoms with E-state index in [4.69, 9.17) is 10.00 Å². The van der Waals surface area contributed by atoms with Crippen LogP contribution in [0.5, 0.6) is 0 Å². The molecule has 0 spiro atoms. The maximum atomic E-state index is 11.1. The zero-order chi connectivity index (χ0) is 10.8. The van der Waals surface area contributed by atoms with Crippen LogP contribution >= 0.6 is 0 Å². The lowest BCUT2D eigenvalue weighted by Gasteiger charge is -2.13. The summed E-state index contributed by atoms with van der Waals surface area (Å²) in [5, 5.41) is 8.33. The normalized spacial score (nSPS) is 9.86. The molecule has 0 amide bonds. The van der Waals surface area contributed by atoms with Gasteiger partial charge in [0, 0.05) is 13.0 Å². The number of hydrogen-bond donors (Lipinski definition) is 0. The predicted molar refractivity (Wildman–Crippen MR) is 53.6 cm³/mol. The van der Waals surface area contributed by atoms with Crippen molar-refractivity contribution in [2.24, 2.45) is 0 Å². The number of esters is 1. The molecule has 0 aromatic heterocycles. The van der Waals surface area contributed by atoms with E-state index in [-0.39, 0.29) is 12.5 Å². The molecule has 0 rings (SSSR count). The number of rotatable bonds is 7. The Balaban J connectivity index is 3.46. The van der Waals surface area contributed by atoms with Crippen LogP contribution in [0.2, 0.25) is 0 Å². The molecule has 4 heteroatoms. The molecular formula is C10H18N2O2. The van der Waals surface area contributed by atoms with E-state index in [9.17, 15) is 4.79 Å². The fourth-order valence-electron chi connectivity index (χ4n) is 0.916. The summed E-state index contributed by atoms with van der Waals surface area (Å²) in [4.78, 5) is 12.9. The Bertz CT molecular complexity index is 199. The molecule has 4 nitrogen and oxygen atoms in total. The van der Waals surface area contributed by atoms with Crippen LogP contribution < -0.4 is 0 Å². The highest BCUT2D eigenvalue weighted by molar-refractivity contribution is 5.71. The van der Waals surface area contributed by atoms with Gasteiger partial charge < -0.3 is 4.74 Å². The molecular weight excluding hydrogens is 180 g/mol. The summed E-state index contributed by atoms with van der Waals surface area (Å²) in [6.45, 7) is 3.43. The quantitative estimate of drug-likeness (QED) is 0.455. The molecule has 14 heavy (non-hydrogen) atoms. The van der Waals surface area contributed by atoms with E-state index in [1.54, 1.807) is 11.9 Å². The summed E-state index contributed by atoms with van der Waals surface area (Å²) in [7, 11) is 1.80. The molecule has 0 N–H and O–H groups in total. The summed E-state index contributed by atoms with van der Waals surface area (Å²) in [5.74, 6) is -0.209. The van der Waals surface area contributed by atoms with E-state index in [0.717, 1.165) is 12.8 Å². The molecule has 0 aliphatic rings. The summed E-state index contributed by atoms with van der Waals surface area (Å²) in [6.07, 6.45) is 2.38. The Labute approximate surface area is 85.5 Å². The molecule has 0 bridgehead atoms. The van der Waals surface area contributed by atoms with Crippen LogP contribution in [0.3, 0.4) is 0 Å². The van der Waals surface area contributed by atoms with Gasteiger partial charge in [-0.1, -0.05) is 13.3 Å². The van der Waals surface area contributed by atoms with Crippen LogP contribution in [0.1, 0.15) is 26.2 Å². The third kappa shape index (κ3) is 7.56. The van der Waals surface area contributed by atoms with Gasteiger partial charge >= 0.3 is 5.97 Å². The third-order valence-electron chi connectivity index (χ3n) is 1.77. The SMILES string of the molecule is CCCCOC(=O)CN(C)CCC#N. The number of carbonyl (C=O) groups excluding carboxylic acids is 1. The van der Waals surface area contributed by atoms with Crippen molar-refractivity contribution in [3.8, 4) is 6.07 Å². The number of carbonyl (C=O) groups is 1. The maximum absolute atomic E-state index is 11.1. The minimum absolute atomic E-state index is 0.209. The first kappa shape index (κ1) is 12.9. The first-order valence-corrected chi connectivity index (χ1v) is 4.91. The van der Waals surface area contributed by atoms with Crippen LogP contribution in [0.4, 0.5) is 0 Å². The van der Waals surface area contributed by atoms with E-state index >= 15 is 0 Å². The summed E-state index contributed by atoms with van der Waals surface area (Å²) in [6, 6.07) is 2.03. The Morgan fingerprint density at radius 1 is 1.57 bits per heavy atom. The third-order valence-corrected chi connectivity index (χ3v) is 1.77. The van der Waals surface area contributed by atoms with Crippen LogP contribution in [0.25, 0.3) is 0 Å². The Morgan fingerprint density at radius 2 is 2.29 bits per heavy atom. The second-order valence-electron chi connectivity index (χ2n) is 3.22. The van der Waals surface area contributed by atoms with E-state index in [1.807, 2.05) is 13.0 Å². The molecule has 0 heterocycles. The van der Waals surface area contributed by atoms with Crippen molar-refractivity contribution in [1.29, 1.82) is 5.26 Å². The molecule has 0 radical (unpaired) electrons. The average Bonchev–Trinajstić information content (AvgIpc) is 2.15. The van der Waals surface area contributed by atoms with Gasteiger partial charge in [-0.05, 0) is 13.5 Å². The number of ether oxygens (including phenoxy) is 1. The predicted octanol–water partition coefficient (Wildman–Crippen LogP) is 1.18. The Morgan fingerprint density at radius 3 is 2.86 bits per heavy atom. The number of unbranched alkanes of at least 4 members (excludes halogenated alkanes) is 1. The van der Waals surface area contributed by atoms with Crippen molar-refractivity contribution in [2.45, 2.75) is 26.2 Å². The van der Waals surface area contributed by atoms with Gasteiger partial charge in [0.05, 0.1) is 19.2 Å². The molecule has 0 saturated heterocycles. The van der Waals surface area contributed by atoms with Crippen LogP contribution in [-0.4, -0.2) is 37.6 Å². The highest BCUT2D eigenvalue weighted by Gasteiger charge is 2.06. The van der Waals surface area contributed by atoms with Gasteiger partial charge in [0.25, 0.3) is 0 Å². The van der Waals surface area contributed by atoms with Gasteiger partial charge in [0.15, 0.2) is 0 Å². The summed E-state index contributed by atoms with van der Waals surface area (Å²) in [5.41, 5.74) is 0. The number of hydrogen-bond acceptors (Lipinski definition) is 4. The smallest absolute Gasteiger partial charge is 0.320 e. The highest BCUT2D eigenvalue weighted by Crippen LogP contribution is 1.91. The van der Waals surface area contributed by atoms with Crippen molar-refractivity contribution < 1.29 is 9.53 Å². The zero-order valence-electron chi connectivity index (χ0n) is 8.95. The fourth-order valence-corrected chi connectivity index (χ4v) is 0.916. The van der Waals surface area contributed by atoms with Crippen molar-refractivity contribution >= 4 is 5.97 Å². The molecule has 0 aromatic carbocycles. The molecule has 80 valence electrons. The van der Waals surface area contributed by atoms with Crippen LogP contribution in [0, 0.1) is 11.3 Å². The summed E-state index contributed by atoms with van der Waals surface area (Å²) >= 11 is 0. The maximum Gasteiger partial charge on any atom is 0.320 e. The zero-order valence-corrected chi connectivity index (χ0v) is 8.95. The number of likely N-dealkylation sites (N-methyl/N-ethyl adjacent to an activating group) is 1. The largest absolute Gasteiger partial charge is 0.465 e. The standard InChI is InChI=1S/C10H18N2O2/c1-3-4-8-14-10(13)9-12(2)7-5-6-11/h3-5,7-9H2,1-2H3. The van der Waals surface area contributed by atoms with Gasteiger partial charge in [-0.15, -0.1) is 0 Å². The molecule has 0 unspecified atom stereocenters. The molecule has 0 fully saturated rings. The molecule has 0 aliphatic heterocycles. The van der Waals surface area contributed by atoms with Crippen molar-refractivity contribution in [3.05, 3.63) is 0 Å². The molecule has 0 saturated carbocycles. The Kier molecular flexibility index (Phi) is 7.86. The van der Waals surface area contributed by atoms with Crippen LogP contribution in [0.15, 0.2) is 0 Å². The van der Waals surface area contributed by atoms with Gasteiger partial charge in [0.1, 0.15) is 0 Å². The van der Waals surface area contributed by atoms with Crippen molar-refractivity contribution in [2.75, 3.05) is 26.7 Å². The first-order valence-electron chi connectivity index (χ1n) is 4.91. The lowest BCUT2D eigenvalue weighted by atomic mass is 10.4. The lowest BCUT2D eigenvalue weighted by molar-refractivity contribution is -0.144. The van der Waals surface area contributed by atoms with E-state index in [0.29, 0.717) is 19.6 Å². The molecule has 0 aliphatic carbocycles. The summed E-state index contributed by atoms with van der Waals surface area (Å²) < 4.78 is 4.97. The number of nitrogens with zero attached hydrogens (tertiary/aromatic N) is 2. The first-order chi connectivity index (χ1) is 6.70.